The second-order valence-corrected chi connectivity index (χ2v) is 8.01. The number of amides is 1. The van der Waals surface area contributed by atoms with E-state index in [1.165, 1.54) is 17.7 Å². The molecule has 1 atom stereocenters. The zero-order valence-electron chi connectivity index (χ0n) is 14.4. The Morgan fingerprint density at radius 3 is 2.72 bits per heavy atom. The fourth-order valence-electron chi connectivity index (χ4n) is 3.23. The Morgan fingerprint density at radius 1 is 1.20 bits per heavy atom. The number of carbonyl (C=O) groups is 1. The summed E-state index contributed by atoms with van der Waals surface area (Å²) in [5.41, 5.74) is 3.54. The third-order valence-corrected chi connectivity index (χ3v) is 6.08. The molecule has 1 amide bonds. The fraction of sp³-hybridized carbons (Fsp3) is 0.316. The van der Waals surface area contributed by atoms with Crippen molar-refractivity contribution in [3.8, 4) is 0 Å². The van der Waals surface area contributed by atoms with Crippen LogP contribution in [-0.4, -0.2) is 20.9 Å². The lowest BCUT2D eigenvalue weighted by Crippen LogP contribution is -2.28. The summed E-state index contributed by atoms with van der Waals surface area (Å²) in [6.07, 6.45) is 1.80. The lowest BCUT2D eigenvalue weighted by Gasteiger charge is -2.16. The van der Waals surface area contributed by atoms with Gasteiger partial charge in [0.1, 0.15) is 0 Å². The molecule has 0 spiro atoms. The van der Waals surface area contributed by atoms with E-state index in [1.54, 1.807) is 19.9 Å². The van der Waals surface area contributed by atoms with Crippen LogP contribution in [0.4, 0.5) is 0 Å². The van der Waals surface area contributed by atoms with Gasteiger partial charge in [-0.15, -0.1) is 0 Å². The molecule has 0 heterocycles. The predicted molar refractivity (Wildman–Crippen MR) is 97.0 cm³/mol. The molecule has 3 rings (SSSR count). The number of benzene rings is 2. The van der Waals surface area contributed by atoms with Gasteiger partial charge in [-0.25, -0.2) is 13.1 Å². The SMILES string of the molecule is CCNS(=O)(=O)c1ccc(C)c(C(=O)NC2CCc3ccccc32)c1. The van der Waals surface area contributed by atoms with Crippen molar-refractivity contribution in [3.63, 3.8) is 0 Å². The van der Waals surface area contributed by atoms with E-state index in [0.717, 1.165) is 24.0 Å². The van der Waals surface area contributed by atoms with Crippen LogP contribution >= 0.6 is 0 Å². The summed E-state index contributed by atoms with van der Waals surface area (Å²) in [4.78, 5) is 12.9. The molecule has 1 aliphatic carbocycles. The number of hydrogen-bond donors (Lipinski definition) is 2. The number of aryl methyl sites for hydroxylation is 2. The van der Waals surface area contributed by atoms with Crippen LogP contribution in [0.2, 0.25) is 0 Å². The average Bonchev–Trinajstić information content (AvgIpc) is 2.98. The zero-order chi connectivity index (χ0) is 18.0. The standard InChI is InChI=1S/C19H22N2O3S/c1-3-20-25(23,24)15-10-8-13(2)17(12-15)19(22)21-18-11-9-14-6-4-5-7-16(14)18/h4-8,10,12,18,20H,3,9,11H2,1-2H3,(H,21,22). The van der Waals surface area contributed by atoms with Gasteiger partial charge in [0, 0.05) is 12.1 Å². The van der Waals surface area contributed by atoms with E-state index in [0.29, 0.717) is 12.1 Å². The first-order valence-electron chi connectivity index (χ1n) is 8.41. The topological polar surface area (TPSA) is 75.3 Å². The summed E-state index contributed by atoms with van der Waals surface area (Å²) in [6.45, 7) is 3.83. The lowest BCUT2D eigenvalue weighted by atomic mass is 10.1. The second kappa shape index (κ2) is 6.98. The molecule has 0 radical (unpaired) electrons. The molecule has 0 fully saturated rings. The van der Waals surface area contributed by atoms with Gasteiger partial charge in [0.15, 0.2) is 0 Å². The highest BCUT2D eigenvalue weighted by Gasteiger charge is 2.25. The van der Waals surface area contributed by atoms with Gasteiger partial charge < -0.3 is 5.32 Å². The van der Waals surface area contributed by atoms with Gasteiger partial charge in [-0.3, -0.25) is 4.79 Å². The molecule has 5 nitrogen and oxygen atoms in total. The largest absolute Gasteiger partial charge is 0.345 e. The molecule has 0 saturated carbocycles. The molecule has 2 N–H and O–H groups in total. The van der Waals surface area contributed by atoms with Gasteiger partial charge in [-0.2, -0.15) is 0 Å². The van der Waals surface area contributed by atoms with Gasteiger partial charge in [-0.05, 0) is 48.6 Å². The first-order valence-corrected chi connectivity index (χ1v) is 9.89. The molecule has 25 heavy (non-hydrogen) atoms. The summed E-state index contributed by atoms with van der Waals surface area (Å²) in [5.74, 6) is -0.243. The number of carbonyl (C=O) groups excluding carboxylic acids is 1. The maximum absolute atomic E-state index is 12.7. The maximum Gasteiger partial charge on any atom is 0.252 e. The molecular weight excluding hydrogens is 336 g/mol. The van der Waals surface area contributed by atoms with Crippen molar-refractivity contribution >= 4 is 15.9 Å². The smallest absolute Gasteiger partial charge is 0.252 e. The highest BCUT2D eigenvalue weighted by atomic mass is 32.2. The average molecular weight is 358 g/mol. The Morgan fingerprint density at radius 2 is 1.96 bits per heavy atom. The minimum Gasteiger partial charge on any atom is -0.345 e. The summed E-state index contributed by atoms with van der Waals surface area (Å²) in [7, 11) is -3.59. The number of fused-ring (bicyclic) bond motifs is 1. The first kappa shape index (κ1) is 17.6. The molecule has 0 aliphatic heterocycles. The monoisotopic (exact) mass is 358 g/mol. The molecule has 0 saturated heterocycles. The van der Waals surface area contributed by atoms with Gasteiger partial charge in [0.25, 0.3) is 5.91 Å². The van der Waals surface area contributed by atoms with Crippen LogP contribution in [0.1, 0.15) is 46.4 Å². The normalized spacial score (nSPS) is 16.5. The molecule has 2 aromatic rings. The molecule has 132 valence electrons. The third-order valence-electron chi connectivity index (χ3n) is 4.54. The fourth-order valence-corrected chi connectivity index (χ4v) is 4.30. The Hall–Kier alpha value is -2.18. The van der Waals surface area contributed by atoms with Crippen LogP contribution < -0.4 is 10.0 Å². The van der Waals surface area contributed by atoms with Crippen molar-refractivity contribution in [2.75, 3.05) is 6.54 Å². The van der Waals surface area contributed by atoms with Gasteiger partial charge in [0.2, 0.25) is 10.0 Å². The Bertz CT molecular complexity index is 907. The first-order chi connectivity index (χ1) is 11.9. The summed E-state index contributed by atoms with van der Waals surface area (Å²) >= 11 is 0. The number of nitrogens with one attached hydrogen (secondary N) is 2. The van der Waals surface area contributed by atoms with Crippen LogP contribution in [-0.2, 0) is 16.4 Å². The van der Waals surface area contributed by atoms with Gasteiger partial charge in [-0.1, -0.05) is 37.3 Å². The zero-order valence-corrected chi connectivity index (χ0v) is 15.2. The van der Waals surface area contributed by atoms with Gasteiger partial charge >= 0.3 is 0 Å². The molecule has 1 unspecified atom stereocenters. The lowest BCUT2D eigenvalue weighted by molar-refractivity contribution is 0.0936. The number of hydrogen-bond acceptors (Lipinski definition) is 3. The predicted octanol–water partition coefficient (Wildman–Crippen LogP) is 2.71. The van der Waals surface area contributed by atoms with E-state index in [4.69, 9.17) is 0 Å². The van der Waals surface area contributed by atoms with Gasteiger partial charge in [0.05, 0.1) is 10.9 Å². The Kier molecular flexibility index (Phi) is 4.92. The van der Waals surface area contributed by atoms with Crippen molar-refractivity contribution in [2.24, 2.45) is 0 Å². The van der Waals surface area contributed by atoms with Crippen LogP contribution in [0.25, 0.3) is 0 Å². The molecule has 0 bridgehead atoms. The maximum atomic E-state index is 12.7. The van der Waals surface area contributed by atoms with Crippen LogP contribution in [0.15, 0.2) is 47.4 Å². The molecule has 6 heteroatoms. The van der Waals surface area contributed by atoms with Crippen molar-refractivity contribution in [1.82, 2.24) is 10.0 Å². The minimum atomic E-state index is -3.59. The van der Waals surface area contributed by atoms with E-state index in [2.05, 4.69) is 16.1 Å². The second-order valence-electron chi connectivity index (χ2n) is 6.24. The van der Waals surface area contributed by atoms with Crippen molar-refractivity contribution in [1.29, 1.82) is 0 Å². The van der Waals surface area contributed by atoms with Crippen LogP contribution in [0, 0.1) is 6.92 Å². The van der Waals surface area contributed by atoms with Crippen molar-refractivity contribution in [2.45, 2.75) is 37.6 Å². The minimum absolute atomic E-state index is 0.0304. The molecule has 2 aromatic carbocycles. The third kappa shape index (κ3) is 3.60. The van der Waals surface area contributed by atoms with E-state index in [-0.39, 0.29) is 16.8 Å². The quantitative estimate of drug-likeness (QED) is 0.863. The van der Waals surface area contributed by atoms with Crippen molar-refractivity contribution in [3.05, 3.63) is 64.7 Å². The van der Waals surface area contributed by atoms with E-state index in [9.17, 15) is 13.2 Å². The van der Waals surface area contributed by atoms with E-state index in [1.807, 2.05) is 18.2 Å². The summed E-state index contributed by atoms with van der Waals surface area (Å²) in [6, 6.07) is 12.7. The molecule has 1 aliphatic rings. The van der Waals surface area contributed by atoms with Crippen LogP contribution in [0.3, 0.4) is 0 Å². The molecular formula is C19H22N2O3S. The van der Waals surface area contributed by atoms with E-state index < -0.39 is 10.0 Å². The van der Waals surface area contributed by atoms with Crippen molar-refractivity contribution < 1.29 is 13.2 Å². The Labute approximate surface area is 148 Å². The number of rotatable bonds is 5. The van der Waals surface area contributed by atoms with Crippen LogP contribution in [0.5, 0.6) is 0 Å². The Balaban J connectivity index is 1.86. The summed E-state index contributed by atoms with van der Waals surface area (Å²) < 4.78 is 26.8. The number of sulfonamides is 1. The summed E-state index contributed by atoms with van der Waals surface area (Å²) in [5, 5.41) is 3.05. The highest BCUT2D eigenvalue weighted by Crippen LogP contribution is 2.31. The molecule has 0 aromatic heterocycles. The highest BCUT2D eigenvalue weighted by molar-refractivity contribution is 7.89. The van der Waals surface area contributed by atoms with E-state index >= 15 is 0 Å².